The minimum Gasteiger partial charge on any atom is -0.494 e. The van der Waals surface area contributed by atoms with Crippen molar-refractivity contribution >= 4 is 28.9 Å². The summed E-state index contributed by atoms with van der Waals surface area (Å²) in [6, 6.07) is 13.4. The first kappa shape index (κ1) is 14.2. The van der Waals surface area contributed by atoms with E-state index >= 15 is 0 Å². The molecule has 1 aromatic heterocycles. The van der Waals surface area contributed by atoms with Gasteiger partial charge in [0.25, 0.3) is 0 Å². The molecule has 0 amide bonds. The summed E-state index contributed by atoms with van der Waals surface area (Å²) >= 11 is 0. The largest absolute Gasteiger partial charge is 0.494 e. The molecule has 0 aliphatic rings. The fourth-order valence-corrected chi connectivity index (χ4v) is 2.12. The standard InChI is InChI=1S/C18H18N2O2/c1-2-12-21-14-9-6-13(7-10-14)8-11-17-20-18-15(19)4-3-5-16(18)22-17/h3-11H,2,12,19H2,1H3/b11-8-. The molecule has 2 N–H and O–H groups in total. The van der Waals surface area contributed by atoms with E-state index in [0.29, 0.717) is 22.7 Å². The third-order valence-corrected chi connectivity index (χ3v) is 3.24. The lowest BCUT2D eigenvalue weighted by molar-refractivity contribution is 0.317. The van der Waals surface area contributed by atoms with Gasteiger partial charge in [0.2, 0.25) is 5.89 Å². The van der Waals surface area contributed by atoms with E-state index in [1.54, 1.807) is 0 Å². The number of anilines is 1. The lowest BCUT2D eigenvalue weighted by atomic mass is 10.2. The van der Waals surface area contributed by atoms with Crippen LogP contribution in [0.4, 0.5) is 5.69 Å². The van der Waals surface area contributed by atoms with E-state index in [9.17, 15) is 0 Å². The summed E-state index contributed by atoms with van der Waals surface area (Å²) in [6.45, 7) is 2.82. The Morgan fingerprint density at radius 1 is 1.14 bits per heavy atom. The maximum Gasteiger partial charge on any atom is 0.220 e. The Balaban J connectivity index is 1.76. The highest BCUT2D eigenvalue weighted by atomic mass is 16.5. The number of hydrogen-bond acceptors (Lipinski definition) is 4. The van der Waals surface area contributed by atoms with Gasteiger partial charge in [0.15, 0.2) is 5.58 Å². The Morgan fingerprint density at radius 3 is 2.68 bits per heavy atom. The second-order valence-electron chi connectivity index (χ2n) is 5.00. The maximum absolute atomic E-state index is 5.87. The summed E-state index contributed by atoms with van der Waals surface area (Å²) in [5.41, 5.74) is 8.95. The van der Waals surface area contributed by atoms with Crippen molar-refractivity contribution in [3.8, 4) is 5.75 Å². The molecule has 0 bridgehead atoms. The monoisotopic (exact) mass is 294 g/mol. The fraction of sp³-hybridized carbons (Fsp3) is 0.167. The van der Waals surface area contributed by atoms with Gasteiger partial charge in [-0.25, -0.2) is 4.98 Å². The topological polar surface area (TPSA) is 61.3 Å². The molecule has 0 spiro atoms. The van der Waals surface area contributed by atoms with Crippen LogP contribution in [0.15, 0.2) is 46.9 Å². The molecule has 0 aliphatic heterocycles. The predicted molar refractivity (Wildman–Crippen MR) is 89.6 cm³/mol. The van der Waals surface area contributed by atoms with Crippen molar-refractivity contribution in [1.82, 2.24) is 4.98 Å². The van der Waals surface area contributed by atoms with Crippen LogP contribution in [0.1, 0.15) is 24.8 Å². The number of fused-ring (bicyclic) bond motifs is 1. The molecule has 1 heterocycles. The van der Waals surface area contributed by atoms with Gasteiger partial charge in [0.1, 0.15) is 11.3 Å². The van der Waals surface area contributed by atoms with Crippen LogP contribution in [0, 0.1) is 0 Å². The quantitative estimate of drug-likeness (QED) is 0.710. The summed E-state index contributed by atoms with van der Waals surface area (Å²) in [5, 5.41) is 0. The van der Waals surface area contributed by atoms with Crippen LogP contribution in [0.2, 0.25) is 0 Å². The molecule has 112 valence electrons. The van der Waals surface area contributed by atoms with E-state index in [4.69, 9.17) is 14.9 Å². The maximum atomic E-state index is 5.87. The van der Waals surface area contributed by atoms with Crippen molar-refractivity contribution in [3.05, 3.63) is 53.9 Å². The van der Waals surface area contributed by atoms with Gasteiger partial charge < -0.3 is 14.9 Å². The summed E-state index contributed by atoms with van der Waals surface area (Å²) < 4.78 is 11.2. The van der Waals surface area contributed by atoms with E-state index in [1.165, 1.54) is 0 Å². The zero-order chi connectivity index (χ0) is 15.4. The third-order valence-electron chi connectivity index (χ3n) is 3.24. The average molecular weight is 294 g/mol. The molecule has 0 saturated carbocycles. The average Bonchev–Trinajstić information content (AvgIpc) is 2.96. The molecule has 22 heavy (non-hydrogen) atoms. The Kier molecular flexibility index (Phi) is 4.10. The normalized spacial score (nSPS) is 11.3. The third kappa shape index (κ3) is 3.11. The highest BCUT2D eigenvalue weighted by Gasteiger charge is 2.05. The molecular formula is C18H18N2O2. The zero-order valence-corrected chi connectivity index (χ0v) is 12.5. The van der Waals surface area contributed by atoms with Crippen molar-refractivity contribution in [3.63, 3.8) is 0 Å². The van der Waals surface area contributed by atoms with Gasteiger partial charge in [-0.1, -0.05) is 25.1 Å². The first-order chi connectivity index (χ1) is 10.8. The molecule has 2 aromatic carbocycles. The van der Waals surface area contributed by atoms with Gasteiger partial charge >= 0.3 is 0 Å². The summed E-state index contributed by atoms with van der Waals surface area (Å²) in [4.78, 5) is 4.38. The van der Waals surface area contributed by atoms with E-state index in [-0.39, 0.29) is 0 Å². The first-order valence-electron chi connectivity index (χ1n) is 7.32. The molecule has 4 nitrogen and oxygen atoms in total. The summed E-state index contributed by atoms with van der Waals surface area (Å²) in [7, 11) is 0. The van der Waals surface area contributed by atoms with Crippen LogP contribution >= 0.6 is 0 Å². The van der Waals surface area contributed by atoms with E-state index in [1.807, 2.05) is 54.6 Å². The summed E-state index contributed by atoms with van der Waals surface area (Å²) in [5.74, 6) is 1.42. The van der Waals surface area contributed by atoms with Crippen molar-refractivity contribution in [2.24, 2.45) is 0 Å². The van der Waals surface area contributed by atoms with Crippen LogP contribution in [0.25, 0.3) is 23.3 Å². The minimum atomic E-state index is 0.541. The first-order valence-corrected chi connectivity index (χ1v) is 7.32. The molecule has 0 aliphatic carbocycles. The van der Waals surface area contributed by atoms with E-state index < -0.39 is 0 Å². The van der Waals surface area contributed by atoms with Crippen molar-refractivity contribution < 1.29 is 9.15 Å². The van der Waals surface area contributed by atoms with Crippen LogP contribution in [-0.2, 0) is 0 Å². The Bertz CT molecular complexity index is 788. The lowest BCUT2D eigenvalue weighted by Crippen LogP contribution is -1.94. The number of benzene rings is 2. The zero-order valence-electron chi connectivity index (χ0n) is 12.5. The van der Waals surface area contributed by atoms with Gasteiger partial charge in [-0.15, -0.1) is 0 Å². The molecule has 3 rings (SSSR count). The van der Waals surface area contributed by atoms with Gasteiger partial charge in [-0.05, 0) is 42.3 Å². The summed E-state index contributed by atoms with van der Waals surface area (Å²) in [6.07, 6.45) is 4.79. The molecule has 0 fully saturated rings. The number of para-hydroxylation sites is 1. The number of aromatic nitrogens is 1. The van der Waals surface area contributed by atoms with Gasteiger partial charge in [-0.3, -0.25) is 0 Å². The van der Waals surface area contributed by atoms with Gasteiger partial charge in [0.05, 0.1) is 12.3 Å². The molecule has 0 radical (unpaired) electrons. The number of oxazole rings is 1. The Labute approximate surface area is 129 Å². The van der Waals surface area contributed by atoms with E-state index in [0.717, 1.165) is 24.3 Å². The second-order valence-corrected chi connectivity index (χ2v) is 5.00. The lowest BCUT2D eigenvalue weighted by Gasteiger charge is -2.03. The van der Waals surface area contributed by atoms with Crippen molar-refractivity contribution in [1.29, 1.82) is 0 Å². The Hall–Kier alpha value is -2.75. The number of nitrogens with two attached hydrogens (primary N) is 1. The van der Waals surface area contributed by atoms with Crippen LogP contribution in [0.3, 0.4) is 0 Å². The molecule has 0 unspecified atom stereocenters. The van der Waals surface area contributed by atoms with E-state index in [2.05, 4.69) is 11.9 Å². The predicted octanol–water partition coefficient (Wildman–Crippen LogP) is 4.37. The number of ether oxygens (including phenoxy) is 1. The number of nitrogens with zero attached hydrogens (tertiary/aromatic N) is 1. The smallest absolute Gasteiger partial charge is 0.220 e. The second kappa shape index (κ2) is 6.35. The van der Waals surface area contributed by atoms with Crippen molar-refractivity contribution in [2.75, 3.05) is 12.3 Å². The minimum absolute atomic E-state index is 0.541. The highest BCUT2D eigenvalue weighted by Crippen LogP contribution is 2.22. The van der Waals surface area contributed by atoms with Crippen LogP contribution < -0.4 is 10.5 Å². The number of rotatable bonds is 5. The number of hydrogen-bond donors (Lipinski definition) is 1. The molecule has 0 atom stereocenters. The molecule has 4 heteroatoms. The van der Waals surface area contributed by atoms with Crippen molar-refractivity contribution in [2.45, 2.75) is 13.3 Å². The highest BCUT2D eigenvalue weighted by molar-refractivity contribution is 5.86. The fourth-order valence-electron chi connectivity index (χ4n) is 2.12. The van der Waals surface area contributed by atoms with Crippen LogP contribution in [-0.4, -0.2) is 11.6 Å². The molecular weight excluding hydrogens is 276 g/mol. The SMILES string of the molecule is CCCOc1ccc(/C=C\c2nc3c(N)cccc3o2)cc1. The van der Waals surface area contributed by atoms with Gasteiger partial charge in [0, 0.05) is 6.08 Å². The molecule has 0 saturated heterocycles. The van der Waals surface area contributed by atoms with Gasteiger partial charge in [-0.2, -0.15) is 0 Å². The number of nitrogen functional groups attached to an aromatic ring is 1. The molecule has 3 aromatic rings. The Morgan fingerprint density at radius 2 is 1.95 bits per heavy atom. The van der Waals surface area contributed by atoms with Crippen LogP contribution in [0.5, 0.6) is 5.75 Å².